The van der Waals surface area contributed by atoms with E-state index in [0.717, 1.165) is 5.69 Å². The van der Waals surface area contributed by atoms with E-state index in [4.69, 9.17) is 0 Å². The number of para-hydroxylation sites is 6. The van der Waals surface area contributed by atoms with Gasteiger partial charge in [0.1, 0.15) is 0 Å². The molecule has 0 aliphatic carbocycles. The molecule has 0 aliphatic heterocycles. The first-order valence-electron chi connectivity index (χ1n) is 27.0. The minimum Gasteiger partial charge on any atom is -0.309 e. The summed E-state index contributed by atoms with van der Waals surface area (Å²) in [6.45, 7) is 0. The first-order valence-corrected chi connectivity index (χ1v) is 27.0. The third-order valence-corrected chi connectivity index (χ3v) is 17.2. The molecule has 0 aliphatic rings. The van der Waals surface area contributed by atoms with Gasteiger partial charge < -0.3 is 18.1 Å². The lowest BCUT2D eigenvalue weighted by Gasteiger charge is -2.10. The Morgan fingerprint density at radius 1 is 0.192 bits per heavy atom. The zero-order valence-electron chi connectivity index (χ0n) is 42.2. The average molecular weight is 989 g/mol. The van der Waals surface area contributed by atoms with E-state index in [1.54, 1.807) is 0 Å². The Labute approximate surface area is 447 Å². The molecule has 0 N–H and O–H groups in total. The fourth-order valence-corrected chi connectivity index (χ4v) is 13.8. The van der Waals surface area contributed by atoms with Crippen LogP contribution in [0.1, 0.15) is 0 Å². The van der Waals surface area contributed by atoms with Gasteiger partial charge in [0.2, 0.25) is 0 Å². The number of fused-ring (bicyclic) bond motifs is 18. The second kappa shape index (κ2) is 15.6. The lowest BCUT2D eigenvalue weighted by Crippen LogP contribution is -1.93. The molecule has 18 aromatic rings. The van der Waals surface area contributed by atoms with E-state index in [-0.39, 0.29) is 0 Å². The first-order chi connectivity index (χ1) is 38.7. The Bertz CT molecular complexity index is 5540. The highest BCUT2D eigenvalue weighted by atomic mass is 15.0. The minimum absolute atomic E-state index is 1.16. The second-order valence-electron chi connectivity index (χ2n) is 21.3. The van der Waals surface area contributed by atoms with E-state index >= 15 is 0 Å². The van der Waals surface area contributed by atoms with Crippen molar-refractivity contribution in [1.82, 2.24) is 18.1 Å². The van der Waals surface area contributed by atoms with Gasteiger partial charge in [-0.05, 0) is 165 Å². The molecule has 13 aromatic carbocycles. The Balaban J connectivity index is 0.882. The van der Waals surface area contributed by atoms with Gasteiger partial charge in [-0.1, -0.05) is 146 Å². The zero-order chi connectivity index (χ0) is 50.7. The monoisotopic (exact) mass is 988 g/mol. The molecule has 5 heterocycles. The third-order valence-electron chi connectivity index (χ3n) is 17.2. The summed E-state index contributed by atoms with van der Waals surface area (Å²) in [6.07, 6.45) is 0. The molecular formula is C74H44N4. The van der Waals surface area contributed by atoms with Crippen molar-refractivity contribution in [3.8, 4) is 39.3 Å². The molecule has 0 saturated heterocycles. The lowest BCUT2D eigenvalue weighted by atomic mass is 9.96. The quantitative estimate of drug-likeness (QED) is 0.164. The second-order valence-corrected chi connectivity index (χ2v) is 21.3. The van der Waals surface area contributed by atoms with Crippen LogP contribution in [0.3, 0.4) is 0 Å². The van der Waals surface area contributed by atoms with Crippen LogP contribution in [0.25, 0.3) is 164 Å². The van der Waals surface area contributed by atoms with Crippen molar-refractivity contribution in [3.05, 3.63) is 267 Å². The Kier molecular flexibility index (Phi) is 8.36. The molecule has 0 saturated carbocycles. The lowest BCUT2D eigenvalue weighted by molar-refractivity contribution is 1.18. The van der Waals surface area contributed by atoms with Crippen LogP contribution >= 0.6 is 0 Å². The van der Waals surface area contributed by atoms with Crippen LogP contribution in [0.15, 0.2) is 267 Å². The molecule has 0 fully saturated rings. The molecule has 5 aromatic heterocycles. The normalized spacial score (nSPS) is 12.4. The molecular weight excluding hydrogens is 945 g/mol. The van der Waals surface area contributed by atoms with Gasteiger partial charge in [0.25, 0.3) is 0 Å². The van der Waals surface area contributed by atoms with Crippen molar-refractivity contribution in [2.75, 3.05) is 0 Å². The van der Waals surface area contributed by atoms with Crippen LogP contribution in [0, 0.1) is 0 Å². The van der Waals surface area contributed by atoms with E-state index in [1.807, 2.05) is 0 Å². The number of hydrogen-bond donors (Lipinski definition) is 0. The fourth-order valence-electron chi connectivity index (χ4n) is 13.8. The summed E-state index contributed by atoms with van der Waals surface area (Å²) < 4.78 is 9.88. The predicted molar refractivity (Wildman–Crippen MR) is 330 cm³/mol. The van der Waals surface area contributed by atoms with Gasteiger partial charge in [0.15, 0.2) is 0 Å². The molecule has 0 amide bonds. The Morgan fingerprint density at radius 3 is 1.09 bits per heavy atom. The van der Waals surface area contributed by atoms with Crippen molar-refractivity contribution in [3.63, 3.8) is 0 Å². The van der Waals surface area contributed by atoms with E-state index < -0.39 is 0 Å². The highest BCUT2D eigenvalue weighted by molar-refractivity contribution is 6.35. The highest BCUT2D eigenvalue weighted by Gasteiger charge is 2.26. The number of rotatable bonds is 5. The molecule has 0 spiro atoms. The minimum atomic E-state index is 1.16. The van der Waals surface area contributed by atoms with Crippen LogP contribution in [-0.4, -0.2) is 18.1 Å². The standard InChI is InChI=1S/C74H44N4/c1-4-16-53(17-5-1)75-65-25-13-10-22-56(65)59-38-47(32-34-68(59)75)45-28-30-49-40-61-63-44-62-58-24-12-15-27-67(58)77(55-20-8-3-9-21-55)73(62)72-64-41-50-31-29-46(37-52(50)43-71(64)78(74(63)72)70(61)42-51(49)36-45)48-33-35-69-60(39-48)57-23-11-14-26-66(57)76(69)54-18-6-2-7-19-54/h1-44H. The van der Waals surface area contributed by atoms with Crippen LogP contribution in [0.5, 0.6) is 0 Å². The van der Waals surface area contributed by atoms with Crippen LogP contribution in [0.4, 0.5) is 0 Å². The largest absolute Gasteiger partial charge is 0.309 e. The molecule has 4 nitrogen and oxygen atoms in total. The summed E-state index contributed by atoms with van der Waals surface area (Å²) in [7, 11) is 0. The summed E-state index contributed by atoms with van der Waals surface area (Å²) in [5.74, 6) is 0. The summed E-state index contributed by atoms with van der Waals surface area (Å²) in [4.78, 5) is 0. The molecule has 0 bridgehead atoms. The molecule has 0 atom stereocenters. The summed E-state index contributed by atoms with van der Waals surface area (Å²) >= 11 is 0. The molecule has 0 unspecified atom stereocenters. The van der Waals surface area contributed by atoms with Crippen molar-refractivity contribution >= 4 is 125 Å². The maximum atomic E-state index is 2.59. The smallest absolute Gasteiger partial charge is 0.0642 e. The van der Waals surface area contributed by atoms with Gasteiger partial charge >= 0.3 is 0 Å². The van der Waals surface area contributed by atoms with Crippen LogP contribution in [0.2, 0.25) is 0 Å². The van der Waals surface area contributed by atoms with Gasteiger partial charge in [0.05, 0.1) is 49.7 Å². The SMILES string of the molecule is c1ccc(-n2c3ccccc3c3cc(-c4ccc5cc6c7cc8c9ccccc9n(-c9ccccc9)c8c8c9cc%10ccc(-c%11ccc%12c(c%11)c%11ccccc%11n%12-c%11ccccc%11)cc%10cc9n(c6cc5c4)c78)ccc32)cc1. The van der Waals surface area contributed by atoms with E-state index in [0.29, 0.717) is 0 Å². The fraction of sp³-hybridized carbons (Fsp3) is 0. The Hall–Kier alpha value is -10.4. The topological polar surface area (TPSA) is 19.2 Å². The number of nitrogens with zero attached hydrogens (tertiary/aromatic N) is 4. The molecule has 360 valence electrons. The average Bonchev–Trinajstić information content (AvgIpc) is 4.43. The summed E-state index contributed by atoms with van der Waals surface area (Å²) in [5, 5.41) is 17.5. The van der Waals surface area contributed by atoms with Gasteiger partial charge in [-0.25, -0.2) is 0 Å². The summed E-state index contributed by atoms with van der Waals surface area (Å²) in [5.41, 5.74) is 19.3. The maximum Gasteiger partial charge on any atom is 0.0642 e. The van der Waals surface area contributed by atoms with E-state index in [9.17, 15) is 0 Å². The first kappa shape index (κ1) is 41.9. The zero-order valence-corrected chi connectivity index (χ0v) is 42.2. The van der Waals surface area contributed by atoms with Crippen molar-refractivity contribution in [1.29, 1.82) is 0 Å². The van der Waals surface area contributed by atoms with E-state index in [2.05, 4.69) is 285 Å². The third kappa shape index (κ3) is 5.72. The maximum absolute atomic E-state index is 2.59. The summed E-state index contributed by atoms with van der Waals surface area (Å²) in [6, 6.07) is 99.3. The van der Waals surface area contributed by atoms with Gasteiger partial charge in [0, 0.05) is 70.9 Å². The van der Waals surface area contributed by atoms with Gasteiger partial charge in [-0.15, -0.1) is 0 Å². The number of hydrogen-bond acceptors (Lipinski definition) is 0. The van der Waals surface area contributed by atoms with Crippen molar-refractivity contribution in [2.45, 2.75) is 0 Å². The molecule has 78 heavy (non-hydrogen) atoms. The van der Waals surface area contributed by atoms with E-state index in [1.165, 1.54) is 159 Å². The molecule has 18 rings (SSSR count). The predicted octanol–water partition coefficient (Wildman–Crippen LogP) is 19.8. The van der Waals surface area contributed by atoms with Crippen LogP contribution < -0.4 is 0 Å². The highest BCUT2D eigenvalue weighted by Crippen LogP contribution is 2.49. The Morgan fingerprint density at radius 2 is 0.564 bits per heavy atom. The van der Waals surface area contributed by atoms with Crippen LogP contribution in [-0.2, 0) is 0 Å². The van der Waals surface area contributed by atoms with Crippen molar-refractivity contribution < 1.29 is 0 Å². The van der Waals surface area contributed by atoms with Gasteiger partial charge in [-0.3, -0.25) is 0 Å². The molecule has 0 radical (unpaired) electrons. The van der Waals surface area contributed by atoms with Gasteiger partial charge in [-0.2, -0.15) is 0 Å². The van der Waals surface area contributed by atoms with Crippen molar-refractivity contribution in [2.24, 2.45) is 0 Å². The molecule has 4 heteroatoms. The number of benzene rings is 13. The number of aromatic nitrogens is 4.